The van der Waals surface area contributed by atoms with Gasteiger partial charge in [-0.2, -0.15) is 9.97 Å². The molecule has 2 rings (SSSR count). The summed E-state index contributed by atoms with van der Waals surface area (Å²) in [6.07, 6.45) is 1.23. The number of halogens is 1. The molecule has 0 bridgehead atoms. The summed E-state index contributed by atoms with van der Waals surface area (Å²) in [6, 6.07) is 4.82. The zero-order chi connectivity index (χ0) is 13.1. The fourth-order valence-electron chi connectivity index (χ4n) is 1.41. The molecule has 0 spiro atoms. The number of aromatic nitrogens is 2. The van der Waals surface area contributed by atoms with Crippen molar-refractivity contribution in [3.05, 3.63) is 35.9 Å². The third-order valence-corrected chi connectivity index (χ3v) is 2.37. The molecule has 0 aliphatic rings. The Balaban J connectivity index is 2.37. The van der Waals surface area contributed by atoms with Crippen molar-refractivity contribution in [1.29, 1.82) is 0 Å². The number of ether oxygens (including phenoxy) is 2. The number of nitrogens with zero attached hydrogens (tertiary/aromatic N) is 2. The Hall–Kier alpha value is -2.37. The van der Waals surface area contributed by atoms with Gasteiger partial charge in [-0.05, 0) is 18.6 Å². The maximum Gasteiger partial charge on any atom is 0.249 e. The molecule has 1 aromatic carbocycles. The largest absolute Gasteiger partial charge is 0.479 e. The van der Waals surface area contributed by atoms with Gasteiger partial charge in [0.05, 0.1) is 7.11 Å². The molecule has 0 saturated carbocycles. The predicted octanol–water partition coefficient (Wildman–Crippen LogP) is 2.31. The third kappa shape index (κ3) is 2.17. The third-order valence-electron chi connectivity index (χ3n) is 2.37. The molecule has 0 unspecified atom stereocenters. The molecule has 0 atom stereocenters. The van der Waals surface area contributed by atoms with E-state index in [0.29, 0.717) is 5.56 Å². The van der Waals surface area contributed by atoms with Gasteiger partial charge >= 0.3 is 0 Å². The van der Waals surface area contributed by atoms with Crippen LogP contribution in [0.1, 0.15) is 5.56 Å². The minimum Gasteiger partial charge on any atom is -0.479 e. The molecular formula is C12H12FN3O2. The van der Waals surface area contributed by atoms with Gasteiger partial charge in [-0.1, -0.05) is 12.1 Å². The van der Waals surface area contributed by atoms with E-state index in [1.807, 2.05) is 0 Å². The van der Waals surface area contributed by atoms with Crippen LogP contribution >= 0.6 is 0 Å². The van der Waals surface area contributed by atoms with Crippen molar-refractivity contribution in [3.8, 4) is 17.5 Å². The predicted molar refractivity (Wildman–Crippen MR) is 64.2 cm³/mol. The van der Waals surface area contributed by atoms with Crippen molar-refractivity contribution in [1.82, 2.24) is 9.97 Å². The second-order valence-corrected chi connectivity index (χ2v) is 3.59. The lowest BCUT2D eigenvalue weighted by atomic mass is 10.2. The zero-order valence-electron chi connectivity index (χ0n) is 9.98. The summed E-state index contributed by atoms with van der Waals surface area (Å²) < 4.78 is 24.0. The number of anilines is 1. The molecule has 5 nitrogen and oxygen atoms in total. The number of hydrogen-bond donors (Lipinski definition) is 1. The summed E-state index contributed by atoms with van der Waals surface area (Å²) in [6.45, 7) is 1.64. The van der Waals surface area contributed by atoms with Crippen molar-refractivity contribution in [2.75, 3.05) is 12.8 Å². The van der Waals surface area contributed by atoms with Crippen LogP contribution in [0.25, 0.3) is 0 Å². The lowest BCUT2D eigenvalue weighted by Crippen LogP contribution is -2.01. The highest BCUT2D eigenvalue weighted by Gasteiger charge is 2.13. The van der Waals surface area contributed by atoms with E-state index in [-0.39, 0.29) is 23.2 Å². The van der Waals surface area contributed by atoms with Gasteiger partial charge < -0.3 is 15.2 Å². The highest BCUT2D eigenvalue weighted by molar-refractivity contribution is 5.56. The number of aryl methyl sites for hydroxylation is 1. The van der Waals surface area contributed by atoms with Crippen LogP contribution in [0, 0.1) is 12.7 Å². The fourth-order valence-corrected chi connectivity index (χ4v) is 1.41. The molecule has 0 saturated heterocycles. The molecule has 1 aromatic heterocycles. The Labute approximate surface area is 103 Å². The summed E-state index contributed by atoms with van der Waals surface area (Å²) >= 11 is 0. The van der Waals surface area contributed by atoms with E-state index in [1.165, 1.54) is 19.5 Å². The summed E-state index contributed by atoms with van der Waals surface area (Å²) in [7, 11) is 1.43. The van der Waals surface area contributed by atoms with Crippen molar-refractivity contribution >= 4 is 5.69 Å². The van der Waals surface area contributed by atoms with E-state index in [2.05, 4.69) is 9.97 Å². The minimum atomic E-state index is -0.450. The summed E-state index contributed by atoms with van der Waals surface area (Å²) in [5.74, 6) is -0.142. The molecule has 2 aromatic rings. The van der Waals surface area contributed by atoms with Crippen LogP contribution < -0.4 is 15.2 Å². The Morgan fingerprint density at radius 1 is 1.22 bits per heavy atom. The molecule has 0 aliphatic heterocycles. The number of nitrogen functional groups attached to an aromatic ring is 1. The van der Waals surface area contributed by atoms with Gasteiger partial charge in [0.25, 0.3) is 0 Å². The monoisotopic (exact) mass is 249 g/mol. The molecule has 1 heterocycles. The fraction of sp³-hybridized carbons (Fsp3) is 0.167. The normalized spacial score (nSPS) is 10.2. The quantitative estimate of drug-likeness (QED) is 0.903. The number of benzene rings is 1. The highest BCUT2D eigenvalue weighted by Crippen LogP contribution is 2.32. The number of nitrogens with two attached hydrogens (primary N) is 1. The molecule has 18 heavy (non-hydrogen) atoms. The summed E-state index contributed by atoms with van der Waals surface area (Å²) in [5, 5.41) is 0. The molecule has 0 aliphatic carbocycles. The average molecular weight is 249 g/mol. The zero-order valence-corrected chi connectivity index (χ0v) is 9.98. The van der Waals surface area contributed by atoms with Gasteiger partial charge in [0.15, 0.2) is 17.3 Å². The van der Waals surface area contributed by atoms with Gasteiger partial charge in [0.1, 0.15) is 6.33 Å². The first-order chi connectivity index (χ1) is 8.63. The maximum atomic E-state index is 13.8. The molecule has 6 heteroatoms. The summed E-state index contributed by atoms with van der Waals surface area (Å²) in [5.41, 5.74) is 6.34. The average Bonchev–Trinajstić information content (AvgIpc) is 2.37. The number of rotatable bonds is 3. The first kappa shape index (κ1) is 12.1. The Bertz CT molecular complexity index is 575. The van der Waals surface area contributed by atoms with Crippen molar-refractivity contribution in [2.24, 2.45) is 0 Å². The topological polar surface area (TPSA) is 70.3 Å². The van der Waals surface area contributed by atoms with Gasteiger partial charge in [0.2, 0.25) is 11.8 Å². The van der Waals surface area contributed by atoms with Crippen molar-refractivity contribution < 1.29 is 13.9 Å². The number of hydrogen-bond acceptors (Lipinski definition) is 5. The molecule has 0 fully saturated rings. The van der Waals surface area contributed by atoms with Crippen LogP contribution in [-0.2, 0) is 0 Å². The van der Waals surface area contributed by atoms with Crippen molar-refractivity contribution in [2.45, 2.75) is 6.92 Å². The van der Waals surface area contributed by atoms with Crippen LogP contribution in [0.15, 0.2) is 24.5 Å². The van der Waals surface area contributed by atoms with Gasteiger partial charge in [-0.25, -0.2) is 4.39 Å². The van der Waals surface area contributed by atoms with Crippen LogP contribution in [0.3, 0.4) is 0 Å². The summed E-state index contributed by atoms with van der Waals surface area (Å²) in [4.78, 5) is 7.65. The van der Waals surface area contributed by atoms with E-state index in [1.54, 1.807) is 19.1 Å². The van der Waals surface area contributed by atoms with Crippen LogP contribution in [0.5, 0.6) is 17.5 Å². The second kappa shape index (κ2) is 4.87. The Kier molecular flexibility index (Phi) is 3.27. The molecule has 94 valence electrons. The van der Waals surface area contributed by atoms with Gasteiger partial charge in [0, 0.05) is 0 Å². The first-order valence-electron chi connectivity index (χ1n) is 5.21. The molecule has 2 N–H and O–H groups in total. The maximum absolute atomic E-state index is 13.8. The lowest BCUT2D eigenvalue weighted by molar-refractivity contribution is 0.387. The first-order valence-corrected chi connectivity index (χ1v) is 5.21. The van der Waals surface area contributed by atoms with Gasteiger partial charge in [-0.3, -0.25) is 0 Å². The van der Waals surface area contributed by atoms with E-state index in [0.717, 1.165) is 0 Å². The van der Waals surface area contributed by atoms with Crippen LogP contribution in [0.2, 0.25) is 0 Å². The molecular weight excluding hydrogens is 237 g/mol. The SMILES string of the molecule is COc1ncnc(Oc2cccc(C)c2F)c1N. The smallest absolute Gasteiger partial charge is 0.249 e. The van der Waals surface area contributed by atoms with E-state index < -0.39 is 5.82 Å². The van der Waals surface area contributed by atoms with Crippen LogP contribution in [-0.4, -0.2) is 17.1 Å². The van der Waals surface area contributed by atoms with Crippen LogP contribution in [0.4, 0.5) is 10.1 Å². The second-order valence-electron chi connectivity index (χ2n) is 3.59. The minimum absolute atomic E-state index is 0.0578. The van der Waals surface area contributed by atoms with Crippen molar-refractivity contribution in [3.63, 3.8) is 0 Å². The Morgan fingerprint density at radius 3 is 2.67 bits per heavy atom. The lowest BCUT2D eigenvalue weighted by Gasteiger charge is -2.10. The van der Waals surface area contributed by atoms with E-state index in [9.17, 15) is 4.39 Å². The molecule has 0 radical (unpaired) electrons. The van der Waals surface area contributed by atoms with Gasteiger partial charge in [-0.15, -0.1) is 0 Å². The Morgan fingerprint density at radius 2 is 1.94 bits per heavy atom. The van der Waals surface area contributed by atoms with E-state index in [4.69, 9.17) is 15.2 Å². The standard InChI is InChI=1S/C12H12FN3O2/c1-7-4-3-5-8(9(7)13)18-12-10(14)11(17-2)15-6-16-12/h3-6H,14H2,1-2H3. The van der Waals surface area contributed by atoms with E-state index >= 15 is 0 Å². The highest BCUT2D eigenvalue weighted by atomic mass is 19.1. The molecule has 0 amide bonds. The number of methoxy groups -OCH3 is 1.